The summed E-state index contributed by atoms with van der Waals surface area (Å²) in [6.07, 6.45) is -1.58. The monoisotopic (exact) mass is 526 g/mol. The van der Waals surface area contributed by atoms with E-state index in [0.717, 1.165) is 6.92 Å². The van der Waals surface area contributed by atoms with Crippen LogP contribution < -0.4 is 15.1 Å². The van der Waals surface area contributed by atoms with Crippen molar-refractivity contribution in [2.75, 3.05) is 49.2 Å². The van der Waals surface area contributed by atoms with Crippen molar-refractivity contribution in [2.45, 2.75) is 17.3 Å². The second-order valence-corrected chi connectivity index (χ2v) is 13.1. The Labute approximate surface area is 193 Å². The predicted octanol–water partition coefficient (Wildman–Crippen LogP) is 2.02. The summed E-state index contributed by atoms with van der Waals surface area (Å²) in [4.78, 5) is 55.2. The van der Waals surface area contributed by atoms with E-state index in [1.807, 2.05) is 4.90 Å². The van der Waals surface area contributed by atoms with Crippen LogP contribution in [0.2, 0.25) is 0 Å². The first-order valence-electron chi connectivity index (χ1n) is 9.71. The normalized spacial score (nSPS) is 21.4. The van der Waals surface area contributed by atoms with Crippen molar-refractivity contribution in [2.24, 2.45) is 0 Å². The number of anilines is 2. The van der Waals surface area contributed by atoms with Gasteiger partial charge in [-0.1, -0.05) is 0 Å². The number of amides is 2. The van der Waals surface area contributed by atoms with Crippen LogP contribution >= 0.6 is 27.4 Å². The van der Waals surface area contributed by atoms with E-state index < -0.39 is 43.1 Å². The standard InChI is InChI=1S/C17H22FN3O9P2S/c1-17(31(24)25,32(26,27)28)33-15(22)19-9-12-10-21(16(23)30-12)11-2-3-14(13(18)8-11)20-4-6-29-7-5-20/h2-3,8,12H,4-7,9-10H2,1H3,(H3-,19,22,24,25,26,27,28)/p+1/t12-,17?/m0/s1. The molecule has 1 aromatic rings. The second kappa shape index (κ2) is 10.2. The zero-order valence-corrected chi connectivity index (χ0v) is 20.0. The van der Waals surface area contributed by atoms with Gasteiger partial charge in [-0.2, -0.15) is 4.89 Å². The number of thioether (sulfide) groups is 1. The fraction of sp³-hybridized carbons (Fsp3) is 0.529. The molecule has 0 bridgehead atoms. The van der Waals surface area contributed by atoms with E-state index in [1.165, 1.54) is 11.0 Å². The molecule has 0 saturated carbocycles. The number of carbonyl (C=O) groups excluding carboxylic acids is 2. The minimum absolute atomic E-state index is 0.00361. The largest absolute Gasteiger partial charge is 0.536 e. The molecule has 16 heteroatoms. The van der Waals surface area contributed by atoms with Gasteiger partial charge in [0.2, 0.25) is 0 Å². The van der Waals surface area contributed by atoms with Crippen molar-refractivity contribution in [3.05, 3.63) is 24.0 Å². The summed E-state index contributed by atoms with van der Waals surface area (Å²) in [6, 6.07) is 4.36. The molecule has 2 aliphatic heterocycles. The fourth-order valence-electron chi connectivity index (χ4n) is 3.18. The maximum absolute atomic E-state index is 14.7. The van der Waals surface area contributed by atoms with Crippen molar-refractivity contribution in [3.8, 4) is 0 Å². The van der Waals surface area contributed by atoms with Crippen LogP contribution in [0.5, 0.6) is 0 Å². The quantitative estimate of drug-likeness (QED) is 0.384. The molecule has 3 atom stereocenters. The Morgan fingerprint density at radius 3 is 2.64 bits per heavy atom. The lowest BCUT2D eigenvalue weighted by molar-refractivity contribution is 0.122. The molecule has 0 aliphatic carbocycles. The van der Waals surface area contributed by atoms with E-state index in [0.29, 0.717) is 32.0 Å². The number of morpholine rings is 1. The van der Waals surface area contributed by atoms with Crippen LogP contribution in [-0.4, -0.2) is 75.7 Å². The highest BCUT2D eigenvalue weighted by Crippen LogP contribution is 2.67. The molecule has 2 fully saturated rings. The van der Waals surface area contributed by atoms with Crippen molar-refractivity contribution in [1.29, 1.82) is 0 Å². The molecule has 0 spiro atoms. The van der Waals surface area contributed by atoms with Crippen LogP contribution in [0, 0.1) is 5.82 Å². The predicted molar refractivity (Wildman–Crippen MR) is 118 cm³/mol. The van der Waals surface area contributed by atoms with Crippen LogP contribution in [0.1, 0.15) is 6.92 Å². The highest BCUT2D eigenvalue weighted by molar-refractivity contribution is 8.23. The molecule has 12 nitrogen and oxygen atoms in total. The molecule has 33 heavy (non-hydrogen) atoms. The maximum Gasteiger partial charge on any atom is 0.536 e. The van der Waals surface area contributed by atoms with Gasteiger partial charge < -0.3 is 29.5 Å². The van der Waals surface area contributed by atoms with Crippen LogP contribution in [0.4, 0.5) is 25.4 Å². The van der Waals surface area contributed by atoms with E-state index in [1.54, 1.807) is 12.1 Å². The summed E-state index contributed by atoms with van der Waals surface area (Å²) in [6.45, 7) is 2.66. The number of ether oxygens (including phenoxy) is 2. The molecule has 182 valence electrons. The molecule has 2 amide bonds. The zero-order chi connectivity index (χ0) is 24.4. The summed E-state index contributed by atoms with van der Waals surface area (Å²) in [5.74, 6) is -0.509. The first kappa shape index (κ1) is 25.8. The lowest BCUT2D eigenvalue weighted by Gasteiger charge is -2.29. The fourth-order valence-corrected chi connectivity index (χ4v) is 5.87. The summed E-state index contributed by atoms with van der Waals surface area (Å²) in [5.41, 5.74) is 0.662. The highest BCUT2D eigenvalue weighted by atomic mass is 32.2. The average molecular weight is 526 g/mol. The molecule has 2 aliphatic rings. The SMILES string of the molecule is CC(SC(=O)NC[C@H]1CN(c2ccc(N3CCOCC3)c(F)c2)C(=O)O1)([P+](=O)O)P(=O)(O)O. The number of cyclic esters (lactones) is 1. The van der Waals surface area contributed by atoms with E-state index in [-0.39, 0.29) is 30.5 Å². The minimum Gasteiger partial charge on any atom is -0.442 e. The molecule has 4 N–H and O–H groups in total. The summed E-state index contributed by atoms with van der Waals surface area (Å²) >= 11 is -0.00361. The Kier molecular flexibility index (Phi) is 8.00. The van der Waals surface area contributed by atoms with Crippen LogP contribution in [0.3, 0.4) is 0 Å². The molecule has 2 saturated heterocycles. The first-order valence-corrected chi connectivity index (χ1v) is 13.4. The molecular formula is C17H23FN3O9P2S+. The van der Waals surface area contributed by atoms with E-state index >= 15 is 0 Å². The van der Waals surface area contributed by atoms with Crippen LogP contribution in [0.15, 0.2) is 18.2 Å². The van der Waals surface area contributed by atoms with Gasteiger partial charge in [-0.25, -0.2) is 9.18 Å². The third-order valence-electron chi connectivity index (χ3n) is 5.12. The lowest BCUT2D eigenvalue weighted by atomic mass is 10.2. The molecule has 2 unspecified atom stereocenters. The smallest absolute Gasteiger partial charge is 0.442 e. The molecule has 0 aromatic heterocycles. The Hall–Kier alpha value is -1.79. The van der Waals surface area contributed by atoms with E-state index in [4.69, 9.17) is 9.47 Å². The number of rotatable bonds is 7. The Balaban J connectivity index is 1.59. The highest BCUT2D eigenvalue weighted by Gasteiger charge is 2.62. The van der Waals surface area contributed by atoms with Crippen LogP contribution in [-0.2, 0) is 18.6 Å². The lowest BCUT2D eigenvalue weighted by Crippen LogP contribution is -2.37. The van der Waals surface area contributed by atoms with Gasteiger partial charge in [0.1, 0.15) is 11.9 Å². The van der Waals surface area contributed by atoms with Gasteiger partial charge in [-0.15, -0.1) is 0 Å². The number of carbonyl (C=O) groups is 2. The zero-order valence-electron chi connectivity index (χ0n) is 17.4. The van der Waals surface area contributed by atoms with Crippen molar-refractivity contribution in [3.63, 3.8) is 0 Å². The second-order valence-electron chi connectivity index (χ2n) is 7.37. The van der Waals surface area contributed by atoms with Gasteiger partial charge in [-0.05, 0) is 22.8 Å². The average Bonchev–Trinajstić information content (AvgIpc) is 3.12. The summed E-state index contributed by atoms with van der Waals surface area (Å²) < 4.78 is 45.5. The third-order valence-corrected chi connectivity index (χ3v) is 10.7. The van der Waals surface area contributed by atoms with Gasteiger partial charge >= 0.3 is 25.9 Å². The third kappa shape index (κ3) is 5.83. The van der Waals surface area contributed by atoms with Crippen molar-refractivity contribution in [1.82, 2.24) is 5.32 Å². The van der Waals surface area contributed by atoms with Crippen molar-refractivity contribution >= 4 is 50.1 Å². The Bertz CT molecular complexity index is 990. The van der Waals surface area contributed by atoms with E-state index in [2.05, 4.69) is 5.32 Å². The van der Waals surface area contributed by atoms with Gasteiger partial charge in [0.05, 0.1) is 37.7 Å². The maximum atomic E-state index is 14.7. The topological polar surface area (TPSA) is 166 Å². The number of hydrogen-bond donors (Lipinski definition) is 4. The summed E-state index contributed by atoms with van der Waals surface area (Å²) in [7, 11) is -8.49. The van der Waals surface area contributed by atoms with Crippen molar-refractivity contribution < 1.29 is 47.3 Å². The molecule has 2 heterocycles. The van der Waals surface area contributed by atoms with Gasteiger partial charge in [0, 0.05) is 31.8 Å². The van der Waals surface area contributed by atoms with E-state index in [9.17, 15) is 37.8 Å². The number of benzene rings is 1. The molecule has 0 radical (unpaired) electrons. The molecular weight excluding hydrogens is 503 g/mol. The Morgan fingerprint density at radius 2 is 2.06 bits per heavy atom. The molecule has 1 aromatic carbocycles. The number of halogens is 1. The van der Waals surface area contributed by atoms with Gasteiger partial charge in [0.25, 0.3) is 5.24 Å². The number of hydrogen-bond acceptors (Lipinski definition) is 8. The number of nitrogens with zero attached hydrogens (tertiary/aromatic N) is 2. The van der Waals surface area contributed by atoms with Crippen LogP contribution in [0.25, 0.3) is 0 Å². The molecule has 3 rings (SSSR count). The van der Waals surface area contributed by atoms with Gasteiger partial charge in [0.15, 0.2) is 0 Å². The number of nitrogens with one attached hydrogen (secondary N) is 1. The minimum atomic E-state index is -5.10. The van der Waals surface area contributed by atoms with Gasteiger partial charge in [-0.3, -0.25) is 14.3 Å². The Morgan fingerprint density at radius 1 is 1.39 bits per heavy atom. The summed E-state index contributed by atoms with van der Waals surface area (Å²) in [5, 5.41) is 1.33. The first-order chi connectivity index (χ1) is 15.4.